The van der Waals surface area contributed by atoms with Gasteiger partial charge in [0.2, 0.25) is 11.8 Å². The van der Waals surface area contributed by atoms with Crippen LogP contribution in [-0.4, -0.2) is 28.6 Å². The fourth-order valence-electron chi connectivity index (χ4n) is 2.70. The molecule has 0 fully saturated rings. The summed E-state index contributed by atoms with van der Waals surface area (Å²) in [5.74, 6) is -3.32. The molecule has 1 atom stereocenters. The van der Waals surface area contributed by atoms with Gasteiger partial charge < -0.3 is 10.6 Å². The van der Waals surface area contributed by atoms with Crippen molar-refractivity contribution in [3.63, 3.8) is 0 Å². The fraction of sp³-hybridized carbons (Fsp3) is 0.350. The summed E-state index contributed by atoms with van der Waals surface area (Å²) >= 11 is 6.33. The molecule has 156 valence electrons. The van der Waals surface area contributed by atoms with E-state index in [1.807, 2.05) is 0 Å². The minimum atomic E-state index is -1.18. The van der Waals surface area contributed by atoms with Gasteiger partial charge >= 0.3 is 0 Å². The molecule has 1 heterocycles. The van der Waals surface area contributed by atoms with Crippen LogP contribution in [0.1, 0.15) is 42.6 Å². The second kappa shape index (κ2) is 10.2. The molecule has 0 aliphatic heterocycles. The van der Waals surface area contributed by atoms with Crippen LogP contribution in [0, 0.1) is 18.6 Å². The quantitative estimate of drug-likeness (QED) is 0.636. The van der Waals surface area contributed by atoms with Gasteiger partial charge in [-0.05, 0) is 37.1 Å². The number of rotatable bonds is 8. The Labute approximate surface area is 172 Å². The van der Waals surface area contributed by atoms with Crippen LogP contribution in [-0.2, 0) is 16.1 Å². The largest absolute Gasteiger partial charge is 0.357 e. The van der Waals surface area contributed by atoms with Crippen LogP contribution < -0.4 is 10.6 Å². The van der Waals surface area contributed by atoms with Gasteiger partial charge in [0.05, 0.1) is 5.69 Å². The number of aryl methyl sites for hydroxylation is 2. The van der Waals surface area contributed by atoms with Gasteiger partial charge in [0.15, 0.2) is 11.6 Å². The summed E-state index contributed by atoms with van der Waals surface area (Å²) in [5, 5.41) is 9.65. The normalized spacial score (nSPS) is 12.2. The Morgan fingerprint density at radius 2 is 2.03 bits per heavy atom. The van der Waals surface area contributed by atoms with Crippen LogP contribution >= 0.6 is 11.6 Å². The van der Waals surface area contributed by atoms with Gasteiger partial charge in [-0.25, -0.2) is 8.78 Å². The summed E-state index contributed by atoms with van der Waals surface area (Å²) in [6.07, 6.45) is 4.64. The number of unbranched alkanes of at least 4 members (excludes halogenated alkanes) is 1. The van der Waals surface area contributed by atoms with E-state index < -0.39 is 29.5 Å². The third kappa shape index (κ3) is 5.63. The van der Waals surface area contributed by atoms with Gasteiger partial charge in [0.25, 0.3) is 0 Å². The zero-order valence-corrected chi connectivity index (χ0v) is 17.2. The number of carbonyl (C=O) groups excluding carboxylic acids is 2. The van der Waals surface area contributed by atoms with E-state index in [0.29, 0.717) is 23.0 Å². The van der Waals surface area contributed by atoms with Crippen molar-refractivity contribution in [2.45, 2.75) is 39.3 Å². The van der Waals surface area contributed by atoms with Crippen molar-refractivity contribution in [2.75, 3.05) is 7.05 Å². The van der Waals surface area contributed by atoms with Crippen molar-refractivity contribution in [3.05, 3.63) is 57.9 Å². The van der Waals surface area contributed by atoms with Crippen molar-refractivity contribution in [3.8, 4) is 0 Å². The van der Waals surface area contributed by atoms with Gasteiger partial charge in [0.1, 0.15) is 11.2 Å². The molecule has 0 aliphatic carbocycles. The van der Waals surface area contributed by atoms with Crippen molar-refractivity contribution in [2.24, 2.45) is 0 Å². The van der Waals surface area contributed by atoms with Gasteiger partial charge in [-0.1, -0.05) is 31.0 Å². The average Bonchev–Trinajstić information content (AvgIpc) is 2.97. The lowest BCUT2D eigenvalue weighted by Gasteiger charge is -2.17. The number of benzene rings is 1. The number of amides is 2. The Morgan fingerprint density at radius 1 is 1.31 bits per heavy atom. The highest BCUT2D eigenvalue weighted by Crippen LogP contribution is 2.22. The highest BCUT2D eigenvalue weighted by atomic mass is 35.5. The number of aromatic nitrogens is 2. The topological polar surface area (TPSA) is 76.0 Å². The van der Waals surface area contributed by atoms with Crippen molar-refractivity contribution in [1.29, 1.82) is 0 Å². The van der Waals surface area contributed by atoms with Crippen LogP contribution in [0.2, 0.25) is 5.15 Å². The lowest BCUT2D eigenvalue weighted by atomic mass is 10.1. The van der Waals surface area contributed by atoms with Crippen molar-refractivity contribution in [1.82, 2.24) is 20.4 Å². The second-order valence-electron chi connectivity index (χ2n) is 6.43. The Hall–Kier alpha value is -2.74. The molecular weight excluding hydrogens is 402 g/mol. The van der Waals surface area contributed by atoms with Gasteiger partial charge in [0, 0.05) is 25.2 Å². The lowest BCUT2D eigenvalue weighted by Crippen LogP contribution is -2.38. The highest BCUT2D eigenvalue weighted by Gasteiger charge is 2.22. The molecule has 0 spiro atoms. The maximum Gasteiger partial charge on any atom is 0.246 e. The predicted octanol–water partition coefficient (Wildman–Crippen LogP) is 3.54. The number of likely N-dealkylation sites (N-methyl/N-ethyl adjacent to an activating group) is 1. The van der Waals surface area contributed by atoms with Crippen LogP contribution in [0.5, 0.6) is 0 Å². The summed E-state index contributed by atoms with van der Waals surface area (Å²) in [7, 11) is 1.38. The monoisotopic (exact) mass is 424 g/mol. The van der Waals surface area contributed by atoms with Gasteiger partial charge in [-0.15, -0.1) is 0 Å². The molecular formula is C20H23ClF2N4O2. The minimum absolute atomic E-state index is 0.117. The van der Waals surface area contributed by atoms with Gasteiger partial charge in [-0.3, -0.25) is 14.3 Å². The number of halogens is 3. The van der Waals surface area contributed by atoms with Crippen LogP contribution in [0.3, 0.4) is 0 Å². The molecule has 2 aromatic rings. The third-order valence-corrected chi connectivity index (χ3v) is 4.71. The molecule has 0 bridgehead atoms. The van der Waals surface area contributed by atoms with E-state index in [4.69, 9.17) is 11.6 Å². The van der Waals surface area contributed by atoms with Crippen molar-refractivity contribution >= 4 is 29.5 Å². The van der Waals surface area contributed by atoms with Crippen molar-refractivity contribution < 1.29 is 18.4 Å². The Kier molecular flexibility index (Phi) is 7.90. The molecule has 1 aromatic carbocycles. The van der Waals surface area contributed by atoms with Gasteiger partial charge in [-0.2, -0.15) is 5.10 Å². The molecule has 1 unspecified atom stereocenters. The van der Waals surface area contributed by atoms with E-state index in [1.54, 1.807) is 11.6 Å². The Bertz CT molecular complexity index is 927. The molecule has 6 nitrogen and oxygen atoms in total. The molecule has 0 aliphatic rings. The number of hydrogen-bond acceptors (Lipinski definition) is 3. The molecule has 0 saturated carbocycles. The maximum absolute atomic E-state index is 13.5. The lowest BCUT2D eigenvalue weighted by molar-refractivity contribution is -0.126. The Balaban J connectivity index is 2.19. The zero-order chi connectivity index (χ0) is 21.6. The highest BCUT2D eigenvalue weighted by molar-refractivity contribution is 6.31. The van der Waals surface area contributed by atoms with Crippen LogP contribution in [0.15, 0.2) is 24.3 Å². The van der Waals surface area contributed by atoms with Crippen LogP contribution in [0.25, 0.3) is 6.08 Å². The SMILES string of the molecule is CCCCn1nc(C)c(C=CC(=O)NC(C(=O)NC)c2ccc(F)c(F)c2)c1Cl. The first-order valence-corrected chi connectivity index (χ1v) is 9.54. The van der Waals surface area contributed by atoms with E-state index in [-0.39, 0.29) is 5.56 Å². The first kappa shape index (κ1) is 22.5. The summed E-state index contributed by atoms with van der Waals surface area (Å²) in [6.45, 7) is 4.51. The summed E-state index contributed by atoms with van der Waals surface area (Å²) < 4.78 is 28.4. The van der Waals surface area contributed by atoms with Crippen LogP contribution in [0.4, 0.5) is 8.78 Å². The zero-order valence-electron chi connectivity index (χ0n) is 16.4. The summed E-state index contributed by atoms with van der Waals surface area (Å²) in [5.41, 5.74) is 1.38. The van der Waals surface area contributed by atoms with E-state index in [0.717, 1.165) is 25.0 Å². The molecule has 0 saturated heterocycles. The molecule has 9 heteroatoms. The molecule has 2 N–H and O–H groups in total. The number of nitrogens with one attached hydrogen (secondary N) is 2. The van der Waals surface area contributed by atoms with E-state index in [2.05, 4.69) is 22.7 Å². The molecule has 2 rings (SSSR count). The number of hydrogen-bond donors (Lipinski definition) is 2. The minimum Gasteiger partial charge on any atom is -0.357 e. The number of carbonyl (C=O) groups is 2. The van der Waals surface area contributed by atoms with E-state index >= 15 is 0 Å². The molecule has 29 heavy (non-hydrogen) atoms. The standard InChI is InChI=1S/C20H23ClF2N4O2/c1-4-5-10-27-19(21)14(12(2)26-27)7-9-17(28)25-18(20(29)24-3)13-6-8-15(22)16(23)11-13/h6-9,11,18H,4-5,10H2,1-3H3,(H,24,29)(H,25,28). The van der Waals surface area contributed by atoms with E-state index in [9.17, 15) is 18.4 Å². The first-order chi connectivity index (χ1) is 13.8. The molecule has 0 radical (unpaired) electrons. The summed E-state index contributed by atoms with van der Waals surface area (Å²) in [6, 6.07) is 1.83. The average molecular weight is 425 g/mol. The molecule has 2 amide bonds. The first-order valence-electron chi connectivity index (χ1n) is 9.16. The maximum atomic E-state index is 13.5. The van der Waals surface area contributed by atoms with E-state index in [1.165, 1.54) is 25.3 Å². The predicted molar refractivity (Wildman–Crippen MR) is 107 cm³/mol. The second-order valence-corrected chi connectivity index (χ2v) is 6.79. The smallest absolute Gasteiger partial charge is 0.246 e. The third-order valence-electron chi connectivity index (χ3n) is 4.31. The fourth-order valence-corrected chi connectivity index (χ4v) is 3.02. The summed E-state index contributed by atoms with van der Waals surface area (Å²) in [4.78, 5) is 24.5. The molecule has 1 aromatic heterocycles. The number of nitrogens with zero attached hydrogens (tertiary/aromatic N) is 2. The Morgan fingerprint density at radius 3 is 2.66 bits per heavy atom.